The molecule has 1 saturated heterocycles. The first-order valence-electron chi connectivity index (χ1n) is 7.04. The maximum Gasteiger partial charge on any atom is 0.413 e. The van der Waals surface area contributed by atoms with E-state index in [-0.39, 0.29) is 11.8 Å². The summed E-state index contributed by atoms with van der Waals surface area (Å²) in [5, 5.41) is 2.43. The second kappa shape index (κ2) is 5.80. The number of imidazole rings is 1. The van der Waals surface area contributed by atoms with E-state index in [2.05, 4.69) is 32.0 Å². The van der Waals surface area contributed by atoms with Crippen molar-refractivity contribution in [2.45, 2.75) is 0 Å². The van der Waals surface area contributed by atoms with Crippen LogP contribution in [-0.2, 0) is 4.74 Å². The highest BCUT2D eigenvalue weighted by molar-refractivity contribution is 5.87. The maximum absolute atomic E-state index is 14.3. The number of fused-ring (bicyclic) bond motifs is 1. The largest absolute Gasteiger partial charge is 0.453 e. The summed E-state index contributed by atoms with van der Waals surface area (Å²) in [4.78, 5) is 22.5. The number of aromatic amines is 1. The molecule has 2 N–H and O–H groups in total. The Labute approximate surface area is 127 Å². The van der Waals surface area contributed by atoms with Gasteiger partial charge in [0.15, 0.2) is 0 Å². The number of rotatable bonds is 2. The number of halogens is 1. The van der Waals surface area contributed by atoms with Crippen molar-refractivity contribution in [1.29, 1.82) is 0 Å². The van der Waals surface area contributed by atoms with Crippen molar-refractivity contribution >= 4 is 28.8 Å². The molecule has 0 unspecified atom stereocenters. The molecular weight excluding hydrogens is 289 g/mol. The van der Waals surface area contributed by atoms with Gasteiger partial charge in [0.05, 0.1) is 23.8 Å². The molecule has 1 aliphatic rings. The SMILES string of the molecule is COC(=O)Nc1nc2cc(N3CCN(C)CC3)c(F)cc2[nH]1. The molecule has 1 aliphatic heterocycles. The number of amides is 1. The van der Waals surface area contributed by atoms with Gasteiger partial charge in [-0.15, -0.1) is 0 Å². The number of ether oxygens (including phenoxy) is 1. The fourth-order valence-electron chi connectivity index (χ4n) is 2.52. The molecule has 7 nitrogen and oxygen atoms in total. The summed E-state index contributed by atoms with van der Waals surface area (Å²) in [5.41, 5.74) is 1.67. The molecule has 8 heteroatoms. The number of H-pyrrole nitrogens is 1. The number of methoxy groups -OCH3 is 1. The molecule has 0 radical (unpaired) electrons. The molecule has 0 spiro atoms. The first-order chi connectivity index (χ1) is 10.6. The molecule has 2 aromatic rings. The van der Waals surface area contributed by atoms with Crippen LogP contribution >= 0.6 is 0 Å². The third kappa shape index (κ3) is 2.82. The molecule has 0 atom stereocenters. The van der Waals surface area contributed by atoms with Crippen LogP contribution in [0.15, 0.2) is 12.1 Å². The summed E-state index contributed by atoms with van der Waals surface area (Å²) in [6.07, 6.45) is -0.626. The van der Waals surface area contributed by atoms with Gasteiger partial charge in [0.25, 0.3) is 0 Å². The molecule has 3 rings (SSSR count). The van der Waals surface area contributed by atoms with Gasteiger partial charge in [-0.05, 0) is 13.1 Å². The second-order valence-electron chi connectivity index (χ2n) is 5.31. The lowest BCUT2D eigenvalue weighted by Crippen LogP contribution is -2.44. The predicted molar refractivity (Wildman–Crippen MR) is 81.8 cm³/mol. The highest BCUT2D eigenvalue weighted by Crippen LogP contribution is 2.26. The van der Waals surface area contributed by atoms with Gasteiger partial charge in [-0.2, -0.15) is 0 Å². The molecule has 1 fully saturated rings. The summed E-state index contributed by atoms with van der Waals surface area (Å²) < 4.78 is 18.8. The fraction of sp³-hybridized carbons (Fsp3) is 0.429. The van der Waals surface area contributed by atoms with Crippen LogP contribution in [-0.4, -0.2) is 61.3 Å². The van der Waals surface area contributed by atoms with E-state index in [0.717, 1.165) is 26.2 Å². The summed E-state index contributed by atoms with van der Waals surface area (Å²) in [6, 6.07) is 3.10. The third-order valence-corrected chi connectivity index (χ3v) is 3.80. The van der Waals surface area contributed by atoms with Crippen LogP contribution in [0.4, 0.5) is 20.8 Å². The molecule has 1 aromatic heterocycles. The Balaban J connectivity index is 1.89. The number of anilines is 2. The van der Waals surface area contributed by atoms with Gasteiger partial charge in [-0.3, -0.25) is 5.32 Å². The summed E-state index contributed by atoms with van der Waals surface area (Å²) >= 11 is 0. The van der Waals surface area contributed by atoms with Crippen LogP contribution < -0.4 is 10.2 Å². The highest BCUT2D eigenvalue weighted by atomic mass is 19.1. The highest BCUT2D eigenvalue weighted by Gasteiger charge is 2.19. The molecule has 1 amide bonds. The van der Waals surface area contributed by atoms with Gasteiger partial charge < -0.3 is 19.5 Å². The van der Waals surface area contributed by atoms with Crippen LogP contribution in [0.5, 0.6) is 0 Å². The van der Waals surface area contributed by atoms with E-state index in [1.54, 1.807) is 6.07 Å². The van der Waals surface area contributed by atoms with Gasteiger partial charge in [0.2, 0.25) is 5.95 Å². The van der Waals surface area contributed by atoms with Gasteiger partial charge in [-0.1, -0.05) is 0 Å². The molecule has 0 saturated carbocycles. The van der Waals surface area contributed by atoms with Gasteiger partial charge in [0.1, 0.15) is 5.82 Å². The zero-order valence-electron chi connectivity index (χ0n) is 12.5. The number of hydrogen-bond acceptors (Lipinski definition) is 5. The Kier molecular flexibility index (Phi) is 3.84. The molecule has 118 valence electrons. The van der Waals surface area contributed by atoms with E-state index >= 15 is 0 Å². The molecule has 1 aromatic carbocycles. The lowest BCUT2D eigenvalue weighted by atomic mass is 10.2. The maximum atomic E-state index is 14.3. The number of aromatic nitrogens is 2. The minimum absolute atomic E-state index is 0.233. The quantitative estimate of drug-likeness (QED) is 0.882. The van der Waals surface area contributed by atoms with E-state index in [0.29, 0.717) is 16.7 Å². The van der Waals surface area contributed by atoms with Gasteiger partial charge >= 0.3 is 6.09 Å². The Morgan fingerprint density at radius 2 is 2.09 bits per heavy atom. The van der Waals surface area contributed by atoms with Gasteiger partial charge in [0, 0.05) is 32.2 Å². The van der Waals surface area contributed by atoms with Crippen molar-refractivity contribution in [3.8, 4) is 0 Å². The van der Waals surface area contributed by atoms with Crippen molar-refractivity contribution in [3.63, 3.8) is 0 Å². The molecular formula is C14H18FN5O2. The first-order valence-corrected chi connectivity index (χ1v) is 7.04. The first kappa shape index (κ1) is 14.6. The minimum atomic E-state index is -0.626. The summed E-state index contributed by atoms with van der Waals surface area (Å²) in [7, 11) is 3.32. The van der Waals surface area contributed by atoms with Crippen molar-refractivity contribution in [3.05, 3.63) is 17.9 Å². The zero-order chi connectivity index (χ0) is 15.7. The van der Waals surface area contributed by atoms with Crippen LogP contribution in [0.25, 0.3) is 11.0 Å². The normalized spacial score (nSPS) is 16.0. The standard InChI is InChI=1S/C14H18FN5O2/c1-19-3-5-20(6-4-19)12-8-11-10(7-9(12)15)16-13(17-11)18-14(21)22-2/h7-8H,3-6H2,1-2H3,(H2,16,17,18,21). The molecule has 22 heavy (non-hydrogen) atoms. The lowest BCUT2D eigenvalue weighted by Gasteiger charge is -2.34. The van der Waals surface area contributed by atoms with Crippen LogP contribution in [0.3, 0.4) is 0 Å². The fourth-order valence-corrected chi connectivity index (χ4v) is 2.52. The summed E-state index contributed by atoms with van der Waals surface area (Å²) in [6.45, 7) is 3.34. The number of carbonyl (C=O) groups is 1. The number of hydrogen-bond donors (Lipinski definition) is 2. The zero-order valence-corrected chi connectivity index (χ0v) is 12.5. The third-order valence-electron chi connectivity index (χ3n) is 3.80. The van der Waals surface area contributed by atoms with Crippen LogP contribution in [0, 0.1) is 5.82 Å². The average molecular weight is 307 g/mol. The average Bonchev–Trinajstić information content (AvgIpc) is 2.88. The van der Waals surface area contributed by atoms with E-state index in [4.69, 9.17) is 0 Å². The molecule has 2 heterocycles. The molecule has 0 bridgehead atoms. The summed E-state index contributed by atoms with van der Waals surface area (Å²) in [5.74, 6) is -0.0675. The van der Waals surface area contributed by atoms with Crippen LogP contribution in [0.1, 0.15) is 0 Å². The predicted octanol–water partition coefficient (Wildman–Crippen LogP) is 1.63. The molecule has 0 aliphatic carbocycles. The van der Waals surface area contributed by atoms with Crippen molar-refractivity contribution in [1.82, 2.24) is 14.9 Å². The van der Waals surface area contributed by atoms with E-state index in [1.165, 1.54) is 13.2 Å². The Morgan fingerprint density at radius 1 is 1.36 bits per heavy atom. The number of piperazine rings is 1. The number of nitrogens with zero attached hydrogens (tertiary/aromatic N) is 3. The lowest BCUT2D eigenvalue weighted by molar-refractivity contribution is 0.186. The Bertz CT molecular complexity index is 694. The van der Waals surface area contributed by atoms with Gasteiger partial charge in [-0.25, -0.2) is 14.2 Å². The van der Waals surface area contributed by atoms with E-state index in [9.17, 15) is 9.18 Å². The van der Waals surface area contributed by atoms with Crippen molar-refractivity contribution in [2.24, 2.45) is 0 Å². The Hall–Kier alpha value is -2.35. The van der Waals surface area contributed by atoms with E-state index in [1.807, 2.05) is 4.90 Å². The monoisotopic (exact) mass is 307 g/mol. The van der Waals surface area contributed by atoms with Crippen LogP contribution in [0.2, 0.25) is 0 Å². The Morgan fingerprint density at radius 3 is 2.77 bits per heavy atom. The second-order valence-corrected chi connectivity index (χ2v) is 5.31. The topological polar surface area (TPSA) is 73.5 Å². The number of carbonyl (C=O) groups excluding carboxylic acids is 1. The van der Waals surface area contributed by atoms with E-state index < -0.39 is 6.09 Å². The van der Waals surface area contributed by atoms with Crippen molar-refractivity contribution < 1.29 is 13.9 Å². The minimum Gasteiger partial charge on any atom is -0.453 e. The number of nitrogens with one attached hydrogen (secondary N) is 2. The number of likely N-dealkylation sites (N-methyl/N-ethyl adjacent to an activating group) is 1. The number of benzene rings is 1. The van der Waals surface area contributed by atoms with Crippen molar-refractivity contribution in [2.75, 3.05) is 50.6 Å². The smallest absolute Gasteiger partial charge is 0.413 e.